The van der Waals surface area contributed by atoms with Crippen molar-refractivity contribution in [3.63, 3.8) is 0 Å². The summed E-state index contributed by atoms with van der Waals surface area (Å²) in [4.78, 5) is 0. The van der Waals surface area contributed by atoms with Crippen molar-refractivity contribution in [3.8, 4) is 0 Å². The van der Waals surface area contributed by atoms with Gasteiger partial charge in [-0.25, -0.2) is 4.39 Å². The van der Waals surface area contributed by atoms with Crippen molar-refractivity contribution in [3.05, 3.63) is 69.6 Å². The van der Waals surface area contributed by atoms with Crippen LogP contribution in [0.4, 0.5) is 4.39 Å². The fourth-order valence-electron chi connectivity index (χ4n) is 2.26. The summed E-state index contributed by atoms with van der Waals surface area (Å²) in [5, 5.41) is 11.0. The SMILES string of the molecule is Cc1cc(Br)cc(C(O)c2cc3cc(F)ccc3o2)c1. The molecule has 1 aromatic heterocycles. The molecule has 0 aliphatic carbocycles. The summed E-state index contributed by atoms with van der Waals surface area (Å²) >= 11 is 3.41. The molecule has 102 valence electrons. The van der Waals surface area contributed by atoms with Crippen LogP contribution >= 0.6 is 15.9 Å². The quantitative estimate of drug-likeness (QED) is 0.735. The van der Waals surface area contributed by atoms with Gasteiger partial charge in [-0.15, -0.1) is 0 Å². The van der Waals surface area contributed by atoms with E-state index >= 15 is 0 Å². The maximum Gasteiger partial charge on any atom is 0.138 e. The molecular weight excluding hydrogens is 323 g/mol. The van der Waals surface area contributed by atoms with Gasteiger partial charge < -0.3 is 9.52 Å². The monoisotopic (exact) mass is 334 g/mol. The third kappa shape index (κ3) is 2.49. The molecule has 4 heteroatoms. The van der Waals surface area contributed by atoms with Crippen LogP contribution in [0.15, 0.2) is 51.4 Å². The average molecular weight is 335 g/mol. The highest BCUT2D eigenvalue weighted by molar-refractivity contribution is 9.10. The number of aryl methyl sites for hydroxylation is 1. The molecule has 2 aromatic carbocycles. The van der Waals surface area contributed by atoms with Gasteiger partial charge in [-0.1, -0.05) is 22.0 Å². The number of aliphatic hydroxyl groups excluding tert-OH is 1. The van der Waals surface area contributed by atoms with Gasteiger partial charge in [0.25, 0.3) is 0 Å². The largest absolute Gasteiger partial charge is 0.458 e. The van der Waals surface area contributed by atoms with Crippen LogP contribution in [-0.2, 0) is 0 Å². The first kappa shape index (κ1) is 13.3. The maximum atomic E-state index is 13.2. The van der Waals surface area contributed by atoms with Gasteiger partial charge in [0.2, 0.25) is 0 Å². The number of rotatable bonds is 2. The normalized spacial score (nSPS) is 12.8. The summed E-state index contributed by atoms with van der Waals surface area (Å²) in [7, 11) is 0. The van der Waals surface area contributed by atoms with Crippen LogP contribution < -0.4 is 0 Å². The van der Waals surface area contributed by atoms with Crippen LogP contribution in [-0.4, -0.2) is 5.11 Å². The van der Waals surface area contributed by atoms with Gasteiger partial charge in [-0.3, -0.25) is 0 Å². The van der Waals surface area contributed by atoms with Crippen molar-refractivity contribution >= 4 is 26.9 Å². The maximum absolute atomic E-state index is 13.2. The third-order valence-electron chi connectivity index (χ3n) is 3.15. The first-order valence-electron chi connectivity index (χ1n) is 6.17. The van der Waals surface area contributed by atoms with E-state index in [4.69, 9.17) is 4.42 Å². The van der Waals surface area contributed by atoms with Crippen molar-refractivity contribution in [1.29, 1.82) is 0 Å². The number of aliphatic hydroxyl groups is 1. The summed E-state index contributed by atoms with van der Waals surface area (Å²) in [5.41, 5.74) is 2.33. The molecule has 3 rings (SSSR count). The molecule has 1 N–H and O–H groups in total. The van der Waals surface area contributed by atoms with Crippen molar-refractivity contribution in [2.75, 3.05) is 0 Å². The number of furan rings is 1. The van der Waals surface area contributed by atoms with Crippen LogP contribution in [0.2, 0.25) is 0 Å². The Kier molecular flexibility index (Phi) is 3.36. The molecule has 0 spiro atoms. The minimum absolute atomic E-state index is 0.322. The molecule has 1 heterocycles. The molecule has 1 atom stereocenters. The molecule has 3 aromatic rings. The van der Waals surface area contributed by atoms with Crippen molar-refractivity contribution in [2.45, 2.75) is 13.0 Å². The summed E-state index contributed by atoms with van der Waals surface area (Å²) in [6.45, 7) is 1.95. The van der Waals surface area contributed by atoms with E-state index in [1.807, 2.05) is 25.1 Å². The molecule has 0 bridgehead atoms. The molecule has 0 saturated heterocycles. The Balaban J connectivity index is 2.05. The molecule has 0 saturated carbocycles. The highest BCUT2D eigenvalue weighted by atomic mass is 79.9. The van der Waals surface area contributed by atoms with E-state index in [0.717, 1.165) is 15.6 Å². The highest BCUT2D eigenvalue weighted by Gasteiger charge is 2.16. The Morgan fingerprint density at radius 2 is 1.95 bits per heavy atom. The van der Waals surface area contributed by atoms with Crippen LogP contribution in [0.25, 0.3) is 11.0 Å². The van der Waals surface area contributed by atoms with E-state index in [9.17, 15) is 9.50 Å². The average Bonchev–Trinajstić information content (AvgIpc) is 2.79. The van der Waals surface area contributed by atoms with E-state index in [1.165, 1.54) is 12.1 Å². The van der Waals surface area contributed by atoms with Gasteiger partial charge in [0.1, 0.15) is 23.3 Å². The zero-order chi connectivity index (χ0) is 14.3. The summed E-state index contributed by atoms with van der Waals surface area (Å²) in [6.07, 6.45) is -0.873. The van der Waals surface area contributed by atoms with Crippen molar-refractivity contribution < 1.29 is 13.9 Å². The smallest absolute Gasteiger partial charge is 0.138 e. The van der Waals surface area contributed by atoms with Crippen molar-refractivity contribution in [2.24, 2.45) is 0 Å². The predicted molar refractivity (Wildman–Crippen MR) is 79.1 cm³/mol. The van der Waals surface area contributed by atoms with E-state index in [-0.39, 0.29) is 5.82 Å². The van der Waals surface area contributed by atoms with E-state index < -0.39 is 6.10 Å². The van der Waals surface area contributed by atoms with Crippen molar-refractivity contribution in [1.82, 2.24) is 0 Å². The van der Waals surface area contributed by atoms with Gasteiger partial charge in [-0.05, 0) is 54.4 Å². The zero-order valence-electron chi connectivity index (χ0n) is 10.7. The third-order valence-corrected chi connectivity index (χ3v) is 3.60. The lowest BCUT2D eigenvalue weighted by Crippen LogP contribution is -1.98. The number of hydrogen-bond acceptors (Lipinski definition) is 2. The zero-order valence-corrected chi connectivity index (χ0v) is 12.3. The standard InChI is InChI=1S/C16H12BrFO2/c1-9-4-11(6-12(17)5-9)16(19)15-8-10-7-13(18)2-3-14(10)20-15/h2-8,16,19H,1H3. The van der Waals surface area contributed by atoms with Gasteiger partial charge in [-0.2, -0.15) is 0 Å². The van der Waals surface area contributed by atoms with Crippen LogP contribution in [0.1, 0.15) is 23.0 Å². The Morgan fingerprint density at radius 3 is 2.70 bits per heavy atom. The van der Waals surface area contributed by atoms with Crippen LogP contribution in [0, 0.1) is 12.7 Å². The van der Waals surface area contributed by atoms with E-state index in [1.54, 1.807) is 12.1 Å². The Bertz CT molecular complexity index is 759. The van der Waals surface area contributed by atoms with Crippen LogP contribution in [0.3, 0.4) is 0 Å². The first-order valence-corrected chi connectivity index (χ1v) is 6.96. The van der Waals surface area contributed by atoms with Crippen LogP contribution in [0.5, 0.6) is 0 Å². The van der Waals surface area contributed by atoms with E-state index in [2.05, 4.69) is 15.9 Å². The number of hydrogen-bond donors (Lipinski definition) is 1. The lowest BCUT2D eigenvalue weighted by molar-refractivity contribution is 0.192. The minimum atomic E-state index is -0.873. The predicted octanol–water partition coefficient (Wildman–Crippen LogP) is 4.72. The molecule has 0 radical (unpaired) electrons. The Hall–Kier alpha value is -1.65. The first-order chi connectivity index (χ1) is 9.52. The second-order valence-electron chi connectivity index (χ2n) is 4.80. The topological polar surface area (TPSA) is 33.4 Å². The molecule has 0 aliphatic rings. The van der Waals surface area contributed by atoms with Gasteiger partial charge in [0, 0.05) is 9.86 Å². The lowest BCUT2D eigenvalue weighted by Gasteiger charge is -2.09. The molecule has 0 fully saturated rings. The molecule has 0 amide bonds. The molecule has 0 aliphatic heterocycles. The fourth-order valence-corrected chi connectivity index (χ4v) is 2.88. The lowest BCUT2D eigenvalue weighted by atomic mass is 10.0. The van der Waals surface area contributed by atoms with Gasteiger partial charge in [0.05, 0.1) is 0 Å². The molecular formula is C16H12BrFO2. The number of halogens is 2. The summed E-state index contributed by atoms with van der Waals surface area (Å²) in [5.74, 6) is 0.0840. The molecule has 20 heavy (non-hydrogen) atoms. The number of benzene rings is 2. The summed E-state index contributed by atoms with van der Waals surface area (Å²) in [6, 6.07) is 11.7. The summed E-state index contributed by atoms with van der Waals surface area (Å²) < 4.78 is 19.6. The Morgan fingerprint density at radius 1 is 1.15 bits per heavy atom. The minimum Gasteiger partial charge on any atom is -0.458 e. The molecule has 2 nitrogen and oxygen atoms in total. The van der Waals surface area contributed by atoms with Gasteiger partial charge >= 0.3 is 0 Å². The second-order valence-corrected chi connectivity index (χ2v) is 5.71. The second kappa shape index (κ2) is 5.04. The Labute approximate surface area is 124 Å². The number of fused-ring (bicyclic) bond motifs is 1. The van der Waals surface area contributed by atoms with Gasteiger partial charge in [0.15, 0.2) is 0 Å². The molecule has 1 unspecified atom stereocenters. The fraction of sp³-hybridized carbons (Fsp3) is 0.125. The van der Waals surface area contributed by atoms with E-state index in [0.29, 0.717) is 16.7 Å². The highest BCUT2D eigenvalue weighted by Crippen LogP contribution is 2.30.